The smallest absolute Gasteiger partial charge is 0.169 e. The molecule has 0 amide bonds. The van der Waals surface area contributed by atoms with Crippen LogP contribution in [-0.4, -0.2) is 0 Å². The predicted molar refractivity (Wildman–Crippen MR) is 57.5 cm³/mol. The number of nitrogens with zero attached hydrogens (tertiary/aromatic N) is 1. The van der Waals surface area contributed by atoms with Gasteiger partial charge < -0.3 is 5.73 Å². The van der Waals surface area contributed by atoms with E-state index in [4.69, 9.17) is 5.73 Å². The van der Waals surface area contributed by atoms with Crippen molar-refractivity contribution in [2.24, 2.45) is 7.05 Å². The Labute approximate surface area is 83.6 Å². The Morgan fingerprint density at radius 3 is 2.36 bits per heavy atom. The molecule has 0 bridgehead atoms. The number of nitrogen functional groups attached to an aromatic ring is 1. The van der Waals surface area contributed by atoms with Crippen molar-refractivity contribution in [3.8, 4) is 11.1 Å². The van der Waals surface area contributed by atoms with Gasteiger partial charge in [-0.2, -0.15) is 0 Å². The Morgan fingerprint density at radius 1 is 1.00 bits per heavy atom. The van der Waals surface area contributed by atoms with Crippen LogP contribution in [0.15, 0.2) is 48.8 Å². The molecule has 2 nitrogen and oxygen atoms in total. The molecule has 2 rings (SSSR count). The molecule has 1 heterocycles. The minimum Gasteiger partial charge on any atom is -0.399 e. The van der Waals surface area contributed by atoms with Gasteiger partial charge in [-0.15, -0.1) is 0 Å². The van der Waals surface area contributed by atoms with Gasteiger partial charge in [0.2, 0.25) is 0 Å². The third-order valence-electron chi connectivity index (χ3n) is 2.20. The normalized spacial score (nSPS) is 10.1. The number of pyridine rings is 1. The Bertz CT molecular complexity index is 432. The van der Waals surface area contributed by atoms with E-state index in [0.29, 0.717) is 0 Å². The Hall–Kier alpha value is -1.83. The summed E-state index contributed by atoms with van der Waals surface area (Å²) in [6.45, 7) is 0. The van der Waals surface area contributed by atoms with Gasteiger partial charge in [0.05, 0.1) is 0 Å². The molecule has 0 aliphatic rings. The second-order valence-electron chi connectivity index (χ2n) is 3.38. The fourth-order valence-corrected chi connectivity index (χ4v) is 1.41. The molecule has 0 aliphatic heterocycles. The highest BCUT2D eigenvalue weighted by Gasteiger charge is 1.99. The van der Waals surface area contributed by atoms with Gasteiger partial charge in [-0.3, -0.25) is 0 Å². The quantitative estimate of drug-likeness (QED) is 0.532. The van der Waals surface area contributed by atoms with Crippen molar-refractivity contribution >= 4 is 5.69 Å². The van der Waals surface area contributed by atoms with Crippen LogP contribution in [0.1, 0.15) is 0 Å². The SMILES string of the molecule is C[n+]1ccc(-c2cccc(N)c2)cc1. The van der Waals surface area contributed by atoms with Gasteiger partial charge >= 0.3 is 0 Å². The summed E-state index contributed by atoms with van der Waals surface area (Å²) in [6.07, 6.45) is 4.05. The average Bonchev–Trinajstić information content (AvgIpc) is 2.19. The van der Waals surface area contributed by atoms with E-state index in [1.165, 1.54) is 5.56 Å². The molecule has 0 aliphatic carbocycles. The summed E-state index contributed by atoms with van der Waals surface area (Å²) in [5.74, 6) is 0. The largest absolute Gasteiger partial charge is 0.399 e. The maximum atomic E-state index is 5.72. The first-order valence-corrected chi connectivity index (χ1v) is 4.57. The number of hydrogen-bond acceptors (Lipinski definition) is 1. The van der Waals surface area contributed by atoms with E-state index < -0.39 is 0 Å². The van der Waals surface area contributed by atoms with Crippen molar-refractivity contribution in [1.82, 2.24) is 0 Å². The zero-order valence-corrected chi connectivity index (χ0v) is 8.14. The zero-order chi connectivity index (χ0) is 9.97. The lowest BCUT2D eigenvalue weighted by atomic mass is 10.1. The van der Waals surface area contributed by atoms with Crippen molar-refractivity contribution < 1.29 is 4.57 Å². The molecule has 2 N–H and O–H groups in total. The van der Waals surface area contributed by atoms with Gasteiger partial charge in [-0.1, -0.05) is 12.1 Å². The van der Waals surface area contributed by atoms with E-state index in [-0.39, 0.29) is 0 Å². The molecule has 2 aromatic rings. The van der Waals surface area contributed by atoms with Crippen molar-refractivity contribution in [3.63, 3.8) is 0 Å². The molecular formula is C12H13N2+. The van der Waals surface area contributed by atoms with Crippen LogP contribution in [0.4, 0.5) is 5.69 Å². The second kappa shape index (κ2) is 3.50. The first-order valence-electron chi connectivity index (χ1n) is 4.57. The molecule has 0 saturated heterocycles. The highest BCUT2D eigenvalue weighted by atomic mass is 14.9. The molecule has 0 unspecified atom stereocenters. The maximum absolute atomic E-state index is 5.72. The van der Waals surface area contributed by atoms with Crippen LogP contribution in [0.3, 0.4) is 0 Å². The Kier molecular flexibility index (Phi) is 2.19. The molecule has 2 heteroatoms. The molecule has 0 spiro atoms. The fourth-order valence-electron chi connectivity index (χ4n) is 1.41. The highest BCUT2D eigenvalue weighted by Crippen LogP contribution is 2.19. The summed E-state index contributed by atoms with van der Waals surface area (Å²) >= 11 is 0. The Morgan fingerprint density at radius 2 is 1.71 bits per heavy atom. The molecule has 0 radical (unpaired) electrons. The molecule has 14 heavy (non-hydrogen) atoms. The van der Waals surface area contributed by atoms with E-state index in [0.717, 1.165) is 11.3 Å². The van der Waals surface area contributed by atoms with Crippen molar-refractivity contribution in [1.29, 1.82) is 0 Å². The van der Waals surface area contributed by atoms with E-state index in [2.05, 4.69) is 18.2 Å². The van der Waals surface area contributed by atoms with Gasteiger partial charge in [-0.05, 0) is 23.3 Å². The predicted octanol–water partition coefficient (Wildman–Crippen LogP) is 1.76. The molecule has 1 aromatic carbocycles. The van der Waals surface area contributed by atoms with Crippen LogP contribution >= 0.6 is 0 Å². The second-order valence-corrected chi connectivity index (χ2v) is 3.38. The maximum Gasteiger partial charge on any atom is 0.169 e. The van der Waals surface area contributed by atoms with Crippen LogP contribution in [0, 0.1) is 0 Å². The summed E-state index contributed by atoms with van der Waals surface area (Å²) in [6, 6.07) is 12.1. The fraction of sp³-hybridized carbons (Fsp3) is 0.0833. The number of aryl methyl sites for hydroxylation is 1. The average molecular weight is 185 g/mol. The van der Waals surface area contributed by atoms with E-state index >= 15 is 0 Å². The van der Waals surface area contributed by atoms with E-state index in [1.54, 1.807) is 0 Å². The number of rotatable bonds is 1. The van der Waals surface area contributed by atoms with E-state index in [9.17, 15) is 0 Å². The van der Waals surface area contributed by atoms with Gasteiger partial charge in [0.15, 0.2) is 12.4 Å². The summed E-state index contributed by atoms with van der Waals surface area (Å²) in [5, 5.41) is 0. The third kappa shape index (κ3) is 1.74. The summed E-state index contributed by atoms with van der Waals surface area (Å²) in [5.41, 5.74) is 8.87. The number of aromatic nitrogens is 1. The monoisotopic (exact) mass is 185 g/mol. The van der Waals surface area contributed by atoms with Gasteiger partial charge in [0, 0.05) is 17.8 Å². The molecule has 0 atom stereocenters. The molecule has 70 valence electrons. The first-order chi connectivity index (χ1) is 6.75. The lowest BCUT2D eigenvalue weighted by Crippen LogP contribution is -2.25. The molecular weight excluding hydrogens is 172 g/mol. The van der Waals surface area contributed by atoms with Crippen LogP contribution in [0.25, 0.3) is 11.1 Å². The minimum absolute atomic E-state index is 0.802. The van der Waals surface area contributed by atoms with E-state index in [1.807, 2.05) is 42.2 Å². The first kappa shape index (κ1) is 8.75. The third-order valence-corrected chi connectivity index (χ3v) is 2.20. The van der Waals surface area contributed by atoms with Crippen molar-refractivity contribution in [2.75, 3.05) is 5.73 Å². The molecule has 0 saturated carbocycles. The topological polar surface area (TPSA) is 29.9 Å². The lowest BCUT2D eigenvalue weighted by Gasteiger charge is -2.00. The minimum atomic E-state index is 0.802. The van der Waals surface area contributed by atoms with Crippen LogP contribution < -0.4 is 10.3 Å². The van der Waals surface area contributed by atoms with Gasteiger partial charge in [0.25, 0.3) is 0 Å². The van der Waals surface area contributed by atoms with Crippen molar-refractivity contribution in [3.05, 3.63) is 48.8 Å². The number of hydrogen-bond donors (Lipinski definition) is 1. The van der Waals surface area contributed by atoms with Crippen LogP contribution in [0.5, 0.6) is 0 Å². The summed E-state index contributed by atoms with van der Waals surface area (Å²) < 4.78 is 2.01. The highest BCUT2D eigenvalue weighted by molar-refractivity contribution is 5.66. The number of anilines is 1. The molecule has 1 aromatic heterocycles. The van der Waals surface area contributed by atoms with Gasteiger partial charge in [-0.25, -0.2) is 4.57 Å². The summed E-state index contributed by atoms with van der Waals surface area (Å²) in [7, 11) is 2.00. The van der Waals surface area contributed by atoms with Gasteiger partial charge in [0.1, 0.15) is 7.05 Å². The Balaban J connectivity index is 2.44. The number of nitrogens with two attached hydrogens (primary N) is 1. The standard InChI is InChI=1S/C12H13N2/c1-14-7-5-10(6-8-14)11-3-2-4-12(13)9-11/h2-9H,13H2,1H3/q+1. The summed E-state index contributed by atoms with van der Waals surface area (Å²) in [4.78, 5) is 0. The van der Waals surface area contributed by atoms with Crippen LogP contribution in [0.2, 0.25) is 0 Å². The van der Waals surface area contributed by atoms with Crippen LogP contribution in [-0.2, 0) is 7.05 Å². The zero-order valence-electron chi connectivity index (χ0n) is 8.14. The molecule has 0 fully saturated rings. The van der Waals surface area contributed by atoms with Crippen molar-refractivity contribution in [2.45, 2.75) is 0 Å². The number of benzene rings is 1. The lowest BCUT2D eigenvalue weighted by molar-refractivity contribution is -0.671.